The highest BCUT2D eigenvalue weighted by Crippen LogP contribution is 2.10. The molecule has 0 aliphatic carbocycles. The molecule has 0 unspecified atom stereocenters. The predicted molar refractivity (Wildman–Crippen MR) is 51.2 cm³/mol. The lowest BCUT2D eigenvalue weighted by atomic mass is 10.3. The molecule has 1 aromatic heterocycles. The molecule has 0 radical (unpaired) electrons. The first-order valence-electron chi connectivity index (χ1n) is 3.99. The third-order valence-electron chi connectivity index (χ3n) is 1.49. The van der Waals surface area contributed by atoms with E-state index in [2.05, 4.69) is 4.98 Å². The van der Waals surface area contributed by atoms with Gasteiger partial charge in [0.2, 0.25) is 5.88 Å². The summed E-state index contributed by atoms with van der Waals surface area (Å²) in [6.07, 6.45) is 1.68. The molecule has 1 rings (SSSR count). The van der Waals surface area contributed by atoms with Crippen LogP contribution in [-0.2, 0) is 10.6 Å². The van der Waals surface area contributed by atoms with Crippen LogP contribution in [0.2, 0.25) is 0 Å². The topological polar surface area (TPSA) is 31.4 Å². The van der Waals surface area contributed by atoms with Gasteiger partial charge < -0.3 is 9.47 Å². The van der Waals surface area contributed by atoms with Crippen LogP contribution in [0.3, 0.4) is 0 Å². The van der Waals surface area contributed by atoms with Gasteiger partial charge in [-0.1, -0.05) is 0 Å². The number of methoxy groups -OCH3 is 1. The quantitative estimate of drug-likeness (QED) is 0.538. The van der Waals surface area contributed by atoms with Crippen molar-refractivity contribution < 1.29 is 9.47 Å². The standard InChI is InChI=1S/C9H12ClNO2/c1-12-4-5-13-9-6-8(7-10)2-3-11-9/h2-3,6H,4-5,7H2,1H3. The molecule has 4 heteroatoms. The van der Waals surface area contributed by atoms with Crippen molar-refractivity contribution in [3.63, 3.8) is 0 Å². The molecular formula is C9H12ClNO2. The monoisotopic (exact) mass is 201 g/mol. The Morgan fingerprint density at radius 2 is 2.31 bits per heavy atom. The molecule has 0 aliphatic heterocycles. The fourth-order valence-corrected chi connectivity index (χ4v) is 1.01. The summed E-state index contributed by atoms with van der Waals surface area (Å²) in [5.74, 6) is 1.07. The van der Waals surface area contributed by atoms with Crippen LogP contribution in [0.4, 0.5) is 0 Å². The highest BCUT2D eigenvalue weighted by Gasteiger charge is 1.96. The van der Waals surface area contributed by atoms with Crippen LogP contribution in [0.1, 0.15) is 5.56 Å². The number of rotatable bonds is 5. The molecule has 0 saturated carbocycles. The Morgan fingerprint density at radius 3 is 3.00 bits per heavy atom. The third kappa shape index (κ3) is 3.61. The fraction of sp³-hybridized carbons (Fsp3) is 0.444. The lowest BCUT2D eigenvalue weighted by molar-refractivity contribution is 0.143. The van der Waals surface area contributed by atoms with E-state index >= 15 is 0 Å². The van der Waals surface area contributed by atoms with E-state index in [1.54, 1.807) is 13.3 Å². The lowest BCUT2D eigenvalue weighted by Gasteiger charge is -2.04. The first kappa shape index (κ1) is 10.3. The average molecular weight is 202 g/mol. The molecule has 0 atom stereocenters. The summed E-state index contributed by atoms with van der Waals surface area (Å²) in [5, 5.41) is 0. The molecule has 0 spiro atoms. The Bertz CT molecular complexity index is 255. The Hall–Kier alpha value is -0.800. The molecule has 3 nitrogen and oxygen atoms in total. The first-order chi connectivity index (χ1) is 6.36. The summed E-state index contributed by atoms with van der Waals surface area (Å²) in [4.78, 5) is 4.02. The minimum atomic E-state index is 0.475. The van der Waals surface area contributed by atoms with E-state index in [-0.39, 0.29) is 0 Å². The number of aromatic nitrogens is 1. The second kappa shape index (κ2) is 5.78. The summed E-state index contributed by atoms with van der Waals surface area (Å²) in [5.41, 5.74) is 1.00. The molecule has 0 fully saturated rings. The van der Waals surface area contributed by atoms with E-state index in [1.807, 2.05) is 12.1 Å². The van der Waals surface area contributed by atoms with Gasteiger partial charge in [-0.05, 0) is 11.6 Å². The van der Waals surface area contributed by atoms with Crippen LogP contribution in [0.25, 0.3) is 0 Å². The van der Waals surface area contributed by atoms with Gasteiger partial charge in [-0.2, -0.15) is 0 Å². The number of hydrogen-bond acceptors (Lipinski definition) is 3. The highest BCUT2D eigenvalue weighted by molar-refractivity contribution is 6.17. The third-order valence-corrected chi connectivity index (χ3v) is 1.80. The zero-order valence-electron chi connectivity index (χ0n) is 7.50. The molecule has 13 heavy (non-hydrogen) atoms. The highest BCUT2D eigenvalue weighted by atomic mass is 35.5. The molecule has 1 aromatic rings. The van der Waals surface area contributed by atoms with Gasteiger partial charge in [0, 0.05) is 25.3 Å². The zero-order chi connectivity index (χ0) is 9.52. The number of ether oxygens (including phenoxy) is 2. The van der Waals surface area contributed by atoms with Crippen molar-refractivity contribution in [2.24, 2.45) is 0 Å². The SMILES string of the molecule is COCCOc1cc(CCl)ccn1. The summed E-state index contributed by atoms with van der Waals surface area (Å²) in [6.45, 7) is 1.07. The van der Waals surface area contributed by atoms with Gasteiger partial charge in [0.1, 0.15) is 6.61 Å². The molecule has 0 aromatic carbocycles. The van der Waals surface area contributed by atoms with E-state index in [9.17, 15) is 0 Å². The van der Waals surface area contributed by atoms with Gasteiger partial charge in [-0.25, -0.2) is 4.98 Å². The van der Waals surface area contributed by atoms with Crippen molar-refractivity contribution in [1.29, 1.82) is 0 Å². The zero-order valence-corrected chi connectivity index (χ0v) is 8.25. The Morgan fingerprint density at radius 1 is 1.46 bits per heavy atom. The van der Waals surface area contributed by atoms with Crippen LogP contribution in [0.15, 0.2) is 18.3 Å². The van der Waals surface area contributed by atoms with Crippen molar-refractivity contribution in [3.8, 4) is 5.88 Å². The van der Waals surface area contributed by atoms with E-state index in [0.717, 1.165) is 5.56 Å². The van der Waals surface area contributed by atoms with Crippen LogP contribution in [-0.4, -0.2) is 25.3 Å². The van der Waals surface area contributed by atoms with Crippen molar-refractivity contribution in [1.82, 2.24) is 4.98 Å². The number of hydrogen-bond donors (Lipinski definition) is 0. The Kier molecular flexibility index (Phi) is 4.57. The van der Waals surface area contributed by atoms with E-state index < -0.39 is 0 Å². The van der Waals surface area contributed by atoms with Crippen molar-refractivity contribution in [2.75, 3.05) is 20.3 Å². The van der Waals surface area contributed by atoms with Crippen LogP contribution in [0, 0.1) is 0 Å². The predicted octanol–water partition coefficient (Wildman–Crippen LogP) is 1.85. The summed E-state index contributed by atoms with van der Waals surface area (Å²) < 4.78 is 10.1. The van der Waals surface area contributed by atoms with E-state index in [1.165, 1.54) is 0 Å². The molecular weight excluding hydrogens is 190 g/mol. The van der Waals surface area contributed by atoms with Crippen LogP contribution < -0.4 is 4.74 Å². The smallest absolute Gasteiger partial charge is 0.213 e. The van der Waals surface area contributed by atoms with Crippen molar-refractivity contribution in [3.05, 3.63) is 23.9 Å². The minimum absolute atomic E-state index is 0.475. The maximum atomic E-state index is 5.65. The second-order valence-electron chi connectivity index (χ2n) is 2.48. The summed E-state index contributed by atoms with van der Waals surface area (Å²) >= 11 is 5.65. The van der Waals surface area contributed by atoms with Gasteiger partial charge in [0.15, 0.2) is 0 Å². The molecule has 0 aliphatic rings. The van der Waals surface area contributed by atoms with Crippen molar-refractivity contribution in [2.45, 2.75) is 5.88 Å². The average Bonchev–Trinajstić information content (AvgIpc) is 2.19. The van der Waals surface area contributed by atoms with E-state index in [4.69, 9.17) is 21.1 Å². The number of pyridine rings is 1. The molecule has 0 bridgehead atoms. The van der Waals surface area contributed by atoms with Gasteiger partial charge >= 0.3 is 0 Å². The second-order valence-corrected chi connectivity index (χ2v) is 2.74. The van der Waals surface area contributed by atoms with Gasteiger partial charge in [0.05, 0.1) is 6.61 Å². The number of alkyl halides is 1. The van der Waals surface area contributed by atoms with Gasteiger partial charge in [0.25, 0.3) is 0 Å². The summed E-state index contributed by atoms with van der Waals surface area (Å²) in [7, 11) is 1.63. The fourth-order valence-electron chi connectivity index (χ4n) is 0.842. The number of nitrogens with zero attached hydrogens (tertiary/aromatic N) is 1. The molecule has 0 amide bonds. The first-order valence-corrected chi connectivity index (χ1v) is 4.53. The largest absolute Gasteiger partial charge is 0.475 e. The molecule has 0 N–H and O–H groups in total. The lowest BCUT2D eigenvalue weighted by Crippen LogP contribution is -2.05. The molecule has 72 valence electrons. The Labute approximate surface area is 82.6 Å². The Balaban J connectivity index is 2.46. The molecule has 0 saturated heterocycles. The number of halogens is 1. The van der Waals surface area contributed by atoms with Gasteiger partial charge in [-0.15, -0.1) is 11.6 Å². The molecule has 1 heterocycles. The maximum Gasteiger partial charge on any atom is 0.213 e. The van der Waals surface area contributed by atoms with Gasteiger partial charge in [-0.3, -0.25) is 0 Å². The minimum Gasteiger partial charge on any atom is -0.475 e. The van der Waals surface area contributed by atoms with E-state index in [0.29, 0.717) is 25.0 Å². The van der Waals surface area contributed by atoms with Crippen LogP contribution in [0.5, 0.6) is 5.88 Å². The van der Waals surface area contributed by atoms with Crippen LogP contribution >= 0.6 is 11.6 Å². The maximum absolute atomic E-state index is 5.65. The van der Waals surface area contributed by atoms with Crippen molar-refractivity contribution >= 4 is 11.6 Å². The normalized spacial score (nSPS) is 10.0. The summed E-state index contributed by atoms with van der Waals surface area (Å²) in [6, 6.07) is 3.68.